The van der Waals surface area contributed by atoms with E-state index in [4.69, 9.17) is 4.74 Å². The van der Waals surface area contributed by atoms with Crippen LogP contribution in [0.2, 0.25) is 0 Å². The fourth-order valence-corrected chi connectivity index (χ4v) is 2.28. The van der Waals surface area contributed by atoms with Gasteiger partial charge in [0, 0.05) is 23.7 Å². The lowest BCUT2D eigenvalue weighted by Gasteiger charge is -2.42. The molecule has 1 saturated heterocycles. The van der Waals surface area contributed by atoms with Crippen molar-refractivity contribution < 1.29 is 14.8 Å². The molecule has 1 aliphatic heterocycles. The Morgan fingerprint density at radius 3 is 2.68 bits per heavy atom. The van der Waals surface area contributed by atoms with E-state index in [2.05, 4.69) is 4.90 Å². The number of nitro benzene ring substituents is 1. The zero-order chi connectivity index (χ0) is 14.0. The molecule has 1 aromatic carbocycles. The predicted molar refractivity (Wildman–Crippen MR) is 69.7 cm³/mol. The number of benzene rings is 1. The highest BCUT2D eigenvalue weighted by atomic mass is 16.6. The summed E-state index contributed by atoms with van der Waals surface area (Å²) >= 11 is 0. The number of ether oxygens (including phenoxy) is 1. The van der Waals surface area contributed by atoms with Crippen molar-refractivity contribution in [1.82, 2.24) is 4.90 Å². The van der Waals surface area contributed by atoms with Gasteiger partial charge in [-0.1, -0.05) is 6.92 Å². The molecule has 0 bridgehead atoms. The molecule has 0 spiro atoms. The van der Waals surface area contributed by atoms with Crippen LogP contribution in [-0.2, 0) is 10.5 Å². The average molecular weight is 266 g/mol. The monoisotopic (exact) mass is 266 g/mol. The topological polar surface area (TPSA) is 75.8 Å². The number of morpholine rings is 1. The maximum Gasteiger partial charge on any atom is 0.269 e. The first-order valence-corrected chi connectivity index (χ1v) is 6.31. The summed E-state index contributed by atoms with van der Waals surface area (Å²) in [4.78, 5) is 12.3. The SMILES string of the molecule is CCN1CC(O)(c2ccc([N+](=O)[O-])cc2)OC[C@@H]1C. The lowest BCUT2D eigenvalue weighted by Crippen LogP contribution is -2.53. The molecule has 0 aromatic heterocycles. The van der Waals surface area contributed by atoms with E-state index in [9.17, 15) is 15.2 Å². The lowest BCUT2D eigenvalue weighted by atomic mass is 10.0. The Morgan fingerprint density at radius 2 is 2.16 bits per heavy atom. The molecule has 1 N–H and O–H groups in total. The fraction of sp³-hybridized carbons (Fsp3) is 0.538. The van der Waals surface area contributed by atoms with E-state index in [-0.39, 0.29) is 11.7 Å². The van der Waals surface area contributed by atoms with Crippen LogP contribution in [0.1, 0.15) is 19.4 Å². The minimum absolute atomic E-state index is 0.00359. The maximum atomic E-state index is 10.6. The molecule has 1 aliphatic rings. The zero-order valence-corrected chi connectivity index (χ0v) is 11.1. The van der Waals surface area contributed by atoms with Gasteiger partial charge in [0.15, 0.2) is 0 Å². The number of non-ortho nitro benzene ring substituents is 1. The number of hydrogen-bond acceptors (Lipinski definition) is 5. The molecule has 6 nitrogen and oxygen atoms in total. The third-order valence-electron chi connectivity index (χ3n) is 3.54. The van der Waals surface area contributed by atoms with E-state index < -0.39 is 10.7 Å². The summed E-state index contributed by atoms with van der Waals surface area (Å²) in [6.45, 7) is 5.68. The van der Waals surface area contributed by atoms with Crippen LogP contribution in [0.5, 0.6) is 0 Å². The van der Waals surface area contributed by atoms with Crippen LogP contribution in [-0.4, -0.2) is 40.7 Å². The summed E-state index contributed by atoms with van der Waals surface area (Å²) in [7, 11) is 0. The molecule has 6 heteroatoms. The molecule has 104 valence electrons. The van der Waals surface area contributed by atoms with E-state index in [0.29, 0.717) is 18.7 Å². The van der Waals surface area contributed by atoms with Gasteiger partial charge in [-0.2, -0.15) is 0 Å². The largest absolute Gasteiger partial charge is 0.361 e. The van der Waals surface area contributed by atoms with Crippen LogP contribution in [0.4, 0.5) is 5.69 Å². The van der Waals surface area contributed by atoms with Crippen molar-refractivity contribution in [2.24, 2.45) is 0 Å². The highest BCUT2D eigenvalue weighted by Crippen LogP contribution is 2.30. The van der Waals surface area contributed by atoms with Crippen molar-refractivity contribution in [2.75, 3.05) is 19.7 Å². The second kappa shape index (κ2) is 5.24. The highest BCUT2D eigenvalue weighted by molar-refractivity contribution is 5.35. The van der Waals surface area contributed by atoms with Gasteiger partial charge in [-0.05, 0) is 25.6 Å². The molecule has 2 rings (SSSR count). The van der Waals surface area contributed by atoms with Crippen molar-refractivity contribution in [3.8, 4) is 0 Å². The van der Waals surface area contributed by atoms with Gasteiger partial charge in [0.1, 0.15) is 0 Å². The highest BCUT2D eigenvalue weighted by Gasteiger charge is 2.38. The molecule has 2 atom stereocenters. The Morgan fingerprint density at radius 1 is 1.53 bits per heavy atom. The number of rotatable bonds is 3. The molecule has 1 heterocycles. The van der Waals surface area contributed by atoms with Crippen molar-refractivity contribution >= 4 is 5.69 Å². The van der Waals surface area contributed by atoms with E-state index in [1.54, 1.807) is 12.1 Å². The van der Waals surface area contributed by atoms with Gasteiger partial charge in [0.2, 0.25) is 5.79 Å². The van der Waals surface area contributed by atoms with Crippen molar-refractivity contribution in [2.45, 2.75) is 25.7 Å². The normalized spacial score (nSPS) is 28.3. The minimum Gasteiger partial charge on any atom is -0.361 e. The molecule has 0 saturated carbocycles. The second-order valence-corrected chi connectivity index (χ2v) is 4.81. The molecule has 19 heavy (non-hydrogen) atoms. The van der Waals surface area contributed by atoms with Crippen LogP contribution in [0.15, 0.2) is 24.3 Å². The fourth-order valence-electron chi connectivity index (χ4n) is 2.28. The summed E-state index contributed by atoms with van der Waals surface area (Å²) in [5.74, 6) is -1.39. The Balaban J connectivity index is 2.22. The smallest absolute Gasteiger partial charge is 0.269 e. The number of aliphatic hydroxyl groups is 1. The Bertz CT molecular complexity index is 462. The molecular weight excluding hydrogens is 248 g/mol. The standard InChI is InChI=1S/C13H18N2O4/c1-3-14-9-13(16,19-8-10(14)2)11-4-6-12(7-5-11)15(17)18/h4-7,10,16H,3,8-9H2,1-2H3/t10-,13?/m0/s1. The summed E-state index contributed by atoms with van der Waals surface area (Å²) < 4.78 is 5.54. The van der Waals surface area contributed by atoms with Gasteiger partial charge in [-0.3, -0.25) is 15.0 Å². The number of β-amino-alcohol motifs (C(OH)–C–C–N with tert-alkyl or cyclic N) is 1. The van der Waals surface area contributed by atoms with E-state index in [1.165, 1.54) is 12.1 Å². The Hall–Kier alpha value is -1.50. The van der Waals surface area contributed by atoms with Crippen molar-refractivity contribution in [1.29, 1.82) is 0 Å². The van der Waals surface area contributed by atoms with E-state index >= 15 is 0 Å². The molecule has 1 fully saturated rings. The third-order valence-corrected chi connectivity index (χ3v) is 3.54. The first-order valence-electron chi connectivity index (χ1n) is 6.31. The molecule has 1 aromatic rings. The molecule has 0 amide bonds. The van der Waals surface area contributed by atoms with Gasteiger partial charge in [0.25, 0.3) is 5.69 Å². The number of nitrogens with zero attached hydrogens (tertiary/aromatic N) is 2. The third kappa shape index (κ3) is 2.75. The number of hydrogen-bond donors (Lipinski definition) is 1. The summed E-state index contributed by atoms with van der Waals surface area (Å²) in [5, 5.41) is 21.2. The Labute approximate surface area is 111 Å². The second-order valence-electron chi connectivity index (χ2n) is 4.81. The predicted octanol–water partition coefficient (Wildman–Crippen LogP) is 1.48. The molecular formula is C13H18N2O4. The van der Waals surface area contributed by atoms with Crippen molar-refractivity contribution in [3.05, 3.63) is 39.9 Å². The number of likely N-dealkylation sites (N-methyl/N-ethyl adjacent to an activating group) is 1. The molecule has 0 radical (unpaired) electrons. The van der Waals surface area contributed by atoms with Gasteiger partial charge < -0.3 is 9.84 Å². The van der Waals surface area contributed by atoms with Crippen LogP contribution in [0.25, 0.3) is 0 Å². The van der Waals surface area contributed by atoms with Gasteiger partial charge in [-0.25, -0.2) is 0 Å². The lowest BCUT2D eigenvalue weighted by molar-refractivity contribution is -0.384. The van der Waals surface area contributed by atoms with E-state index in [0.717, 1.165) is 6.54 Å². The van der Waals surface area contributed by atoms with Crippen LogP contribution in [0, 0.1) is 10.1 Å². The molecule has 0 aliphatic carbocycles. The van der Waals surface area contributed by atoms with E-state index in [1.807, 2.05) is 13.8 Å². The minimum atomic E-state index is -1.39. The van der Waals surface area contributed by atoms with Crippen LogP contribution >= 0.6 is 0 Å². The maximum absolute atomic E-state index is 10.6. The van der Waals surface area contributed by atoms with Gasteiger partial charge in [0.05, 0.1) is 18.1 Å². The first-order chi connectivity index (χ1) is 8.96. The van der Waals surface area contributed by atoms with Crippen LogP contribution in [0.3, 0.4) is 0 Å². The molecule has 1 unspecified atom stereocenters. The summed E-state index contributed by atoms with van der Waals surface area (Å²) in [6, 6.07) is 6.10. The quantitative estimate of drug-likeness (QED) is 0.662. The summed E-state index contributed by atoms with van der Waals surface area (Å²) in [6.07, 6.45) is 0. The zero-order valence-electron chi connectivity index (χ0n) is 11.1. The summed E-state index contributed by atoms with van der Waals surface area (Å²) in [5.41, 5.74) is 0.548. The van der Waals surface area contributed by atoms with Crippen LogP contribution < -0.4 is 0 Å². The first kappa shape index (κ1) is 13.9. The Kier molecular flexibility index (Phi) is 3.84. The van der Waals surface area contributed by atoms with Gasteiger partial charge in [-0.15, -0.1) is 0 Å². The van der Waals surface area contributed by atoms with Crippen molar-refractivity contribution in [3.63, 3.8) is 0 Å². The van der Waals surface area contributed by atoms with Gasteiger partial charge >= 0.3 is 0 Å². The average Bonchev–Trinajstić information content (AvgIpc) is 2.42. The number of nitro groups is 1.